The zero-order chi connectivity index (χ0) is 22.7. The third-order valence-corrected chi connectivity index (χ3v) is 6.15. The molecule has 0 fully saturated rings. The van der Waals surface area contributed by atoms with Crippen molar-refractivity contribution in [2.45, 2.75) is 47.0 Å². The van der Waals surface area contributed by atoms with Crippen LogP contribution in [0.1, 0.15) is 63.1 Å². The molecule has 0 unspecified atom stereocenters. The molecule has 4 rings (SSSR count). The van der Waals surface area contributed by atoms with E-state index in [2.05, 4.69) is 39.8 Å². The minimum absolute atomic E-state index is 0.225. The van der Waals surface area contributed by atoms with Crippen molar-refractivity contribution >= 4 is 23.0 Å². The van der Waals surface area contributed by atoms with Gasteiger partial charge in [-0.3, -0.25) is 0 Å². The number of carbonyl (C=O) groups excluding carboxylic acids is 1. The zero-order valence-electron chi connectivity index (χ0n) is 19.3. The number of benzene rings is 2. The van der Waals surface area contributed by atoms with Crippen LogP contribution in [0.5, 0.6) is 5.75 Å². The van der Waals surface area contributed by atoms with Crippen molar-refractivity contribution < 1.29 is 13.9 Å². The van der Waals surface area contributed by atoms with Gasteiger partial charge in [-0.25, -0.2) is 4.79 Å². The lowest BCUT2D eigenvalue weighted by atomic mass is 9.72. The van der Waals surface area contributed by atoms with Crippen molar-refractivity contribution in [3.05, 3.63) is 94.8 Å². The molecule has 3 aromatic rings. The first-order valence-corrected chi connectivity index (χ1v) is 11.2. The summed E-state index contributed by atoms with van der Waals surface area (Å²) in [6.07, 6.45) is 10.1. The first-order chi connectivity index (χ1) is 15.3. The molecule has 1 aromatic heterocycles. The number of allylic oxidation sites excluding steroid dienone is 5. The Balaban J connectivity index is 1.52. The van der Waals surface area contributed by atoms with Gasteiger partial charge in [-0.15, -0.1) is 0 Å². The molecule has 2 aromatic carbocycles. The maximum atomic E-state index is 12.5. The van der Waals surface area contributed by atoms with Crippen LogP contribution >= 0.6 is 0 Å². The fourth-order valence-corrected chi connectivity index (χ4v) is 4.40. The van der Waals surface area contributed by atoms with Gasteiger partial charge in [-0.05, 0) is 86.1 Å². The van der Waals surface area contributed by atoms with Gasteiger partial charge >= 0.3 is 5.97 Å². The van der Waals surface area contributed by atoms with Crippen molar-refractivity contribution in [1.82, 2.24) is 0 Å². The van der Waals surface area contributed by atoms with Gasteiger partial charge in [0.05, 0.1) is 5.56 Å². The van der Waals surface area contributed by atoms with Gasteiger partial charge in [-0.1, -0.05) is 55.8 Å². The average molecular weight is 427 g/mol. The van der Waals surface area contributed by atoms with Gasteiger partial charge in [0, 0.05) is 5.39 Å². The molecular weight excluding hydrogens is 396 g/mol. The number of fused-ring (bicyclic) bond motifs is 1. The number of hydrogen-bond acceptors (Lipinski definition) is 3. The second kappa shape index (κ2) is 9.04. The van der Waals surface area contributed by atoms with E-state index in [1.807, 2.05) is 36.4 Å². The number of esters is 1. The molecule has 3 heteroatoms. The fourth-order valence-electron chi connectivity index (χ4n) is 4.40. The molecule has 3 nitrogen and oxygen atoms in total. The van der Waals surface area contributed by atoms with Crippen LogP contribution in [0.4, 0.5) is 0 Å². The van der Waals surface area contributed by atoms with E-state index in [-0.39, 0.29) is 5.41 Å². The highest BCUT2D eigenvalue weighted by Gasteiger charge is 2.26. The Bertz CT molecular complexity index is 1220. The standard InChI is InChI=1S/C29H30O3/c1-20(12-15-26-21(2)9-8-16-29(26,3)4)17-25-18-22-13-14-23(19-27(22)31-25)28(30)32-24-10-6-5-7-11-24/h5-7,10-15,17-19H,8-9,16H2,1-4H3. The van der Waals surface area contributed by atoms with E-state index < -0.39 is 5.97 Å². The first-order valence-electron chi connectivity index (χ1n) is 11.2. The van der Waals surface area contributed by atoms with E-state index in [1.54, 1.807) is 24.3 Å². The second-order valence-electron chi connectivity index (χ2n) is 9.26. The van der Waals surface area contributed by atoms with E-state index in [1.165, 1.54) is 30.4 Å². The number of ether oxygens (including phenoxy) is 1. The Kier molecular flexibility index (Phi) is 6.18. The molecule has 0 radical (unpaired) electrons. The molecule has 0 saturated carbocycles. The lowest BCUT2D eigenvalue weighted by Crippen LogP contribution is -2.19. The molecule has 0 aliphatic heterocycles. The van der Waals surface area contributed by atoms with Crippen LogP contribution in [0, 0.1) is 5.41 Å². The number of hydrogen-bond donors (Lipinski definition) is 0. The Morgan fingerprint density at radius 2 is 1.88 bits per heavy atom. The minimum atomic E-state index is -0.399. The number of para-hydroxylation sites is 1. The largest absolute Gasteiger partial charge is 0.457 e. The zero-order valence-corrected chi connectivity index (χ0v) is 19.3. The van der Waals surface area contributed by atoms with Crippen LogP contribution < -0.4 is 4.74 Å². The van der Waals surface area contributed by atoms with E-state index >= 15 is 0 Å². The second-order valence-corrected chi connectivity index (χ2v) is 9.26. The van der Waals surface area contributed by atoms with Crippen molar-refractivity contribution in [1.29, 1.82) is 0 Å². The van der Waals surface area contributed by atoms with Crippen molar-refractivity contribution in [3.63, 3.8) is 0 Å². The molecule has 164 valence electrons. The van der Waals surface area contributed by atoms with Gasteiger partial charge in [0.1, 0.15) is 17.1 Å². The van der Waals surface area contributed by atoms with Crippen molar-refractivity contribution in [2.24, 2.45) is 5.41 Å². The highest BCUT2D eigenvalue weighted by atomic mass is 16.5. The summed E-state index contributed by atoms with van der Waals surface area (Å²) in [6, 6.07) is 16.5. The van der Waals surface area contributed by atoms with Gasteiger partial charge in [0.25, 0.3) is 0 Å². The number of rotatable bonds is 5. The van der Waals surface area contributed by atoms with Gasteiger partial charge < -0.3 is 9.15 Å². The Morgan fingerprint density at radius 3 is 2.62 bits per heavy atom. The number of furan rings is 1. The summed E-state index contributed by atoms with van der Waals surface area (Å²) in [5.74, 6) is 0.892. The topological polar surface area (TPSA) is 39.4 Å². The minimum Gasteiger partial charge on any atom is -0.457 e. The molecule has 0 atom stereocenters. The molecule has 1 heterocycles. The average Bonchev–Trinajstić information content (AvgIpc) is 3.15. The quantitative estimate of drug-likeness (QED) is 0.235. The third kappa shape index (κ3) is 4.94. The van der Waals surface area contributed by atoms with Crippen molar-refractivity contribution in [2.75, 3.05) is 0 Å². The predicted octanol–water partition coefficient (Wildman–Crippen LogP) is 8.14. The van der Waals surface area contributed by atoms with Crippen LogP contribution in [0.3, 0.4) is 0 Å². The summed E-state index contributed by atoms with van der Waals surface area (Å²) < 4.78 is 11.4. The lowest BCUT2D eigenvalue weighted by Gasteiger charge is -2.32. The first kappa shape index (κ1) is 21.9. The van der Waals surface area contributed by atoms with Gasteiger partial charge in [-0.2, -0.15) is 0 Å². The smallest absolute Gasteiger partial charge is 0.343 e. The van der Waals surface area contributed by atoms with Crippen LogP contribution in [0.25, 0.3) is 17.0 Å². The summed E-state index contributed by atoms with van der Waals surface area (Å²) >= 11 is 0. The van der Waals surface area contributed by atoms with E-state index in [4.69, 9.17) is 9.15 Å². The molecule has 0 amide bonds. The van der Waals surface area contributed by atoms with Crippen molar-refractivity contribution in [3.8, 4) is 5.75 Å². The Morgan fingerprint density at radius 1 is 1.09 bits per heavy atom. The van der Waals surface area contributed by atoms with Crippen LogP contribution in [0.15, 0.2) is 87.9 Å². The van der Waals surface area contributed by atoms with Crippen LogP contribution in [-0.2, 0) is 0 Å². The SMILES string of the molecule is CC(C=CC1=C(C)CCCC1(C)C)=Cc1cc2ccc(C(=O)Oc3ccccc3)cc2o1. The molecular formula is C29H30O3. The molecule has 0 bridgehead atoms. The maximum absolute atomic E-state index is 12.5. The molecule has 0 spiro atoms. The summed E-state index contributed by atoms with van der Waals surface area (Å²) in [4.78, 5) is 12.5. The highest BCUT2D eigenvalue weighted by Crippen LogP contribution is 2.40. The Hall–Kier alpha value is -3.33. The summed E-state index contributed by atoms with van der Waals surface area (Å²) in [7, 11) is 0. The maximum Gasteiger partial charge on any atom is 0.343 e. The van der Waals surface area contributed by atoms with E-state index in [0.29, 0.717) is 16.9 Å². The Labute approximate surface area is 190 Å². The van der Waals surface area contributed by atoms with Gasteiger partial charge in [0.15, 0.2) is 0 Å². The monoisotopic (exact) mass is 426 g/mol. The molecule has 1 aliphatic carbocycles. The fraction of sp³-hybridized carbons (Fsp3) is 0.276. The highest BCUT2D eigenvalue weighted by molar-refractivity contribution is 5.95. The molecule has 32 heavy (non-hydrogen) atoms. The van der Waals surface area contributed by atoms with Crippen LogP contribution in [-0.4, -0.2) is 5.97 Å². The summed E-state index contributed by atoms with van der Waals surface area (Å²) in [5, 5.41) is 0.955. The van der Waals surface area contributed by atoms with E-state index in [9.17, 15) is 4.79 Å². The van der Waals surface area contributed by atoms with E-state index in [0.717, 1.165) is 16.7 Å². The van der Waals surface area contributed by atoms with Gasteiger partial charge in [0.2, 0.25) is 0 Å². The lowest BCUT2D eigenvalue weighted by molar-refractivity contribution is 0.0735. The molecule has 0 N–H and O–H groups in total. The normalized spacial score (nSPS) is 16.7. The molecule has 0 saturated heterocycles. The van der Waals surface area contributed by atoms with Crippen LogP contribution in [0.2, 0.25) is 0 Å². The number of carbonyl (C=O) groups is 1. The molecule has 1 aliphatic rings. The predicted molar refractivity (Wildman–Crippen MR) is 131 cm³/mol. The summed E-state index contributed by atoms with van der Waals surface area (Å²) in [5.41, 5.74) is 5.41. The third-order valence-electron chi connectivity index (χ3n) is 6.15. The summed E-state index contributed by atoms with van der Waals surface area (Å²) in [6.45, 7) is 8.99.